The molecule has 2 rings (SSSR count). The highest BCUT2D eigenvalue weighted by atomic mass is 16.5. The minimum Gasteiger partial charge on any atom is -0.372 e. The zero-order valence-corrected chi connectivity index (χ0v) is 14.2. The number of rotatable bonds is 5. The Hall–Kier alpha value is -1.88. The van der Waals surface area contributed by atoms with E-state index in [0.29, 0.717) is 0 Å². The van der Waals surface area contributed by atoms with Crippen molar-refractivity contribution in [1.29, 1.82) is 0 Å². The van der Waals surface area contributed by atoms with E-state index < -0.39 is 6.10 Å². The number of benzene rings is 1. The highest BCUT2D eigenvalue weighted by Gasteiger charge is 2.26. The zero-order chi connectivity index (χ0) is 16.8. The molecule has 0 aromatic heterocycles. The molecule has 1 aliphatic heterocycles. The van der Waals surface area contributed by atoms with Gasteiger partial charge in [0.2, 0.25) is 5.91 Å². The van der Waals surface area contributed by atoms with Crippen LogP contribution in [-0.4, -0.2) is 49.6 Å². The number of hydrogen-bond donors (Lipinski definition) is 0. The second kappa shape index (κ2) is 8.11. The average Bonchev–Trinajstić information content (AvgIpc) is 2.58. The smallest absolute Gasteiger partial charge is 0.256 e. The van der Waals surface area contributed by atoms with Gasteiger partial charge in [-0.25, -0.2) is 0 Å². The maximum atomic E-state index is 12.6. The molecule has 1 saturated heterocycles. The predicted molar refractivity (Wildman–Crippen MR) is 90.4 cm³/mol. The quantitative estimate of drug-likeness (QED) is 0.837. The third kappa shape index (κ3) is 4.55. The molecule has 2 amide bonds. The molecule has 1 heterocycles. The van der Waals surface area contributed by atoms with Crippen LogP contribution < -0.4 is 4.90 Å². The maximum Gasteiger partial charge on any atom is 0.256 e. The van der Waals surface area contributed by atoms with Gasteiger partial charge in [0.05, 0.1) is 0 Å². The number of ether oxygens (including phenoxy) is 1. The molecular weight excluding hydrogens is 292 g/mol. The van der Waals surface area contributed by atoms with Gasteiger partial charge in [0.1, 0.15) is 12.6 Å². The van der Waals surface area contributed by atoms with E-state index in [1.807, 2.05) is 36.1 Å². The highest BCUT2D eigenvalue weighted by molar-refractivity contribution is 6.01. The SMILES string of the molecule is CO[C@H](C)C(=O)N(CC(=O)N1CCCCC1)c1cccc(C)c1. The summed E-state index contributed by atoms with van der Waals surface area (Å²) in [5.74, 6) is -0.189. The predicted octanol–water partition coefficient (Wildman–Crippen LogP) is 2.38. The molecule has 1 atom stereocenters. The van der Waals surface area contributed by atoms with Gasteiger partial charge in [-0.3, -0.25) is 9.59 Å². The molecule has 0 N–H and O–H groups in total. The number of nitrogens with zero attached hydrogens (tertiary/aromatic N) is 2. The molecule has 23 heavy (non-hydrogen) atoms. The molecule has 0 radical (unpaired) electrons. The van der Waals surface area contributed by atoms with Crippen molar-refractivity contribution in [2.75, 3.05) is 31.6 Å². The molecule has 0 bridgehead atoms. The summed E-state index contributed by atoms with van der Waals surface area (Å²) in [6.45, 7) is 5.31. The van der Waals surface area contributed by atoms with Crippen molar-refractivity contribution in [3.8, 4) is 0 Å². The zero-order valence-electron chi connectivity index (χ0n) is 14.2. The Balaban J connectivity index is 2.19. The first kappa shape index (κ1) is 17.5. The van der Waals surface area contributed by atoms with E-state index in [4.69, 9.17) is 4.74 Å². The number of methoxy groups -OCH3 is 1. The van der Waals surface area contributed by atoms with E-state index in [0.717, 1.165) is 37.2 Å². The number of likely N-dealkylation sites (tertiary alicyclic amines) is 1. The van der Waals surface area contributed by atoms with E-state index in [2.05, 4.69) is 0 Å². The van der Waals surface area contributed by atoms with Crippen molar-refractivity contribution in [2.45, 2.75) is 39.2 Å². The number of anilines is 1. The van der Waals surface area contributed by atoms with Crippen LogP contribution in [0.2, 0.25) is 0 Å². The van der Waals surface area contributed by atoms with Crippen LogP contribution in [0.4, 0.5) is 5.69 Å². The van der Waals surface area contributed by atoms with Crippen LogP contribution >= 0.6 is 0 Å². The highest BCUT2D eigenvalue weighted by Crippen LogP contribution is 2.19. The lowest BCUT2D eigenvalue weighted by Crippen LogP contribution is -2.47. The number of hydrogen-bond acceptors (Lipinski definition) is 3. The van der Waals surface area contributed by atoms with Crippen LogP contribution in [0.25, 0.3) is 0 Å². The number of carbonyl (C=O) groups is 2. The van der Waals surface area contributed by atoms with Crippen LogP contribution in [0, 0.1) is 6.92 Å². The average molecular weight is 318 g/mol. The molecule has 0 saturated carbocycles. The summed E-state index contributed by atoms with van der Waals surface area (Å²) in [6, 6.07) is 7.65. The number of piperidine rings is 1. The minimum atomic E-state index is -0.579. The molecule has 0 spiro atoms. The van der Waals surface area contributed by atoms with Crippen LogP contribution in [0.3, 0.4) is 0 Å². The summed E-state index contributed by atoms with van der Waals surface area (Å²) < 4.78 is 5.16. The second-order valence-corrected chi connectivity index (χ2v) is 6.08. The van der Waals surface area contributed by atoms with Crippen molar-refractivity contribution in [3.05, 3.63) is 29.8 Å². The first-order valence-corrected chi connectivity index (χ1v) is 8.21. The second-order valence-electron chi connectivity index (χ2n) is 6.08. The maximum absolute atomic E-state index is 12.6. The topological polar surface area (TPSA) is 49.9 Å². The Morgan fingerprint density at radius 2 is 1.96 bits per heavy atom. The Labute approximate surface area is 138 Å². The van der Waals surface area contributed by atoms with Crippen LogP contribution in [0.1, 0.15) is 31.7 Å². The van der Waals surface area contributed by atoms with Gasteiger partial charge in [0, 0.05) is 25.9 Å². The molecular formula is C18H26N2O3. The van der Waals surface area contributed by atoms with Gasteiger partial charge >= 0.3 is 0 Å². The van der Waals surface area contributed by atoms with Crippen LogP contribution in [-0.2, 0) is 14.3 Å². The molecule has 1 fully saturated rings. The lowest BCUT2D eigenvalue weighted by Gasteiger charge is -2.31. The fraction of sp³-hybridized carbons (Fsp3) is 0.556. The molecule has 0 aliphatic carbocycles. The third-order valence-corrected chi connectivity index (χ3v) is 4.28. The van der Waals surface area contributed by atoms with Crippen LogP contribution in [0.5, 0.6) is 0 Å². The fourth-order valence-corrected chi connectivity index (χ4v) is 2.79. The monoisotopic (exact) mass is 318 g/mol. The largest absolute Gasteiger partial charge is 0.372 e. The van der Waals surface area contributed by atoms with E-state index in [1.54, 1.807) is 6.92 Å². The van der Waals surface area contributed by atoms with Crippen molar-refractivity contribution < 1.29 is 14.3 Å². The lowest BCUT2D eigenvalue weighted by molar-refractivity contribution is -0.134. The first-order valence-electron chi connectivity index (χ1n) is 8.21. The Bertz CT molecular complexity index is 553. The van der Waals surface area contributed by atoms with Gasteiger partial charge in [-0.05, 0) is 50.8 Å². The summed E-state index contributed by atoms with van der Waals surface area (Å²) in [5, 5.41) is 0. The van der Waals surface area contributed by atoms with Crippen molar-refractivity contribution in [1.82, 2.24) is 4.90 Å². The molecule has 126 valence electrons. The van der Waals surface area contributed by atoms with Crippen molar-refractivity contribution in [2.24, 2.45) is 0 Å². The van der Waals surface area contributed by atoms with Gasteiger partial charge < -0.3 is 14.5 Å². The van der Waals surface area contributed by atoms with Crippen molar-refractivity contribution >= 4 is 17.5 Å². The Kier molecular flexibility index (Phi) is 6.16. The van der Waals surface area contributed by atoms with E-state index in [1.165, 1.54) is 18.4 Å². The Morgan fingerprint density at radius 1 is 1.26 bits per heavy atom. The number of amides is 2. The summed E-state index contributed by atoms with van der Waals surface area (Å²) in [6.07, 6.45) is 2.67. The number of aryl methyl sites for hydroxylation is 1. The standard InChI is InChI=1S/C18H26N2O3/c1-14-8-7-9-16(12-14)20(18(22)15(2)23-3)13-17(21)19-10-5-4-6-11-19/h7-9,12,15H,4-6,10-11,13H2,1-3H3/t15-/m1/s1. The number of carbonyl (C=O) groups excluding carboxylic acids is 2. The third-order valence-electron chi connectivity index (χ3n) is 4.28. The molecule has 5 heteroatoms. The summed E-state index contributed by atoms with van der Waals surface area (Å²) in [7, 11) is 1.50. The van der Waals surface area contributed by atoms with Gasteiger partial charge in [-0.1, -0.05) is 12.1 Å². The summed E-state index contributed by atoms with van der Waals surface area (Å²) >= 11 is 0. The first-order chi connectivity index (χ1) is 11.0. The normalized spacial score (nSPS) is 16.0. The molecule has 5 nitrogen and oxygen atoms in total. The molecule has 1 aliphatic rings. The van der Waals surface area contributed by atoms with Gasteiger partial charge in [0.25, 0.3) is 5.91 Å². The van der Waals surface area contributed by atoms with Gasteiger partial charge in [0.15, 0.2) is 0 Å². The summed E-state index contributed by atoms with van der Waals surface area (Å²) in [4.78, 5) is 28.6. The molecule has 0 unspecified atom stereocenters. The lowest BCUT2D eigenvalue weighted by atomic mass is 10.1. The van der Waals surface area contributed by atoms with E-state index in [9.17, 15) is 9.59 Å². The Morgan fingerprint density at radius 3 is 2.57 bits per heavy atom. The van der Waals surface area contributed by atoms with Crippen LogP contribution in [0.15, 0.2) is 24.3 Å². The molecule has 1 aromatic carbocycles. The minimum absolute atomic E-state index is 0.00265. The van der Waals surface area contributed by atoms with E-state index in [-0.39, 0.29) is 18.4 Å². The van der Waals surface area contributed by atoms with Gasteiger partial charge in [-0.2, -0.15) is 0 Å². The van der Waals surface area contributed by atoms with E-state index >= 15 is 0 Å². The molecule has 1 aromatic rings. The van der Waals surface area contributed by atoms with Crippen molar-refractivity contribution in [3.63, 3.8) is 0 Å². The summed E-state index contributed by atoms with van der Waals surface area (Å²) in [5.41, 5.74) is 1.79. The van der Waals surface area contributed by atoms with Gasteiger partial charge in [-0.15, -0.1) is 0 Å². The fourth-order valence-electron chi connectivity index (χ4n) is 2.79.